The molecule has 1 aromatic carbocycles. The van der Waals surface area contributed by atoms with Crippen molar-refractivity contribution >= 4 is 29.9 Å². The van der Waals surface area contributed by atoms with E-state index in [-0.39, 0.29) is 35.6 Å². The summed E-state index contributed by atoms with van der Waals surface area (Å²) in [6.07, 6.45) is 2.77. The van der Waals surface area contributed by atoms with Gasteiger partial charge in [-0.15, -0.1) is 24.0 Å². The summed E-state index contributed by atoms with van der Waals surface area (Å²) in [7, 11) is 3.84. The van der Waals surface area contributed by atoms with Crippen molar-refractivity contribution in [2.24, 2.45) is 12.0 Å². The first kappa shape index (κ1) is 23.5. The standard InChI is InChI=1S/C22H33N5O.HI/c1-7-17-16(19(8-2)27(6)26-17)14-24-21(23-5)25-18-13-22(3,4)28-20-12-10-9-11-15(18)20;/h9-12,18H,7-8,13-14H2,1-6H3,(H2,23,24,25);1H. The molecule has 1 aromatic heterocycles. The maximum absolute atomic E-state index is 6.15. The Bertz CT molecular complexity index is 859. The highest BCUT2D eigenvalue weighted by molar-refractivity contribution is 14.0. The Morgan fingerprint density at radius 1 is 1.28 bits per heavy atom. The lowest BCUT2D eigenvalue weighted by Gasteiger charge is -2.38. The van der Waals surface area contributed by atoms with Crippen molar-refractivity contribution in [3.05, 3.63) is 46.8 Å². The van der Waals surface area contributed by atoms with Gasteiger partial charge in [0.25, 0.3) is 0 Å². The van der Waals surface area contributed by atoms with Gasteiger partial charge >= 0.3 is 0 Å². The number of nitrogens with one attached hydrogen (secondary N) is 2. The van der Waals surface area contributed by atoms with Crippen LogP contribution in [0.4, 0.5) is 0 Å². The van der Waals surface area contributed by atoms with Crippen LogP contribution in [0.2, 0.25) is 0 Å². The summed E-state index contributed by atoms with van der Waals surface area (Å²) in [4.78, 5) is 4.46. The molecular formula is C22H34IN5O. The highest BCUT2D eigenvalue weighted by Gasteiger charge is 2.34. The average molecular weight is 511 g/mol. The minimum Gasteiger partial charge on any atom is -0.487 e. The Morgan fingerprint density at radius 2 is 2.00 bits per heavy atom. The van der Waals surface area contributed by atoms with Gasteiger partial charge in [0.15, 0.2) is 5.96 Å². The van der Waals surface area contributed by atoms with Crippen molar-refractivity contribution in [3.8, 4) is 5.75 Å². The Kier molecular flexibility index (Phi) is 7.96. The second-order valence-electron chi connectivity index (χ2n) is 7.93. The SMILES string of the molecule is CCc1nn(C)c(CC)c1CNC(=NC)NC1CC(C)(C)Oc2ccccc21.I. The molecule has 29 heavy (non-hydrogen) atoms. The van der Waals surface area contributed by atoms with E-state index >= 15 is 0 Å². The lowest BCUT2D eigenvalue weighted by molar-refractivity contribution is 0.0694. The van der Waals surface area contributed by atoms with Crippen LogP contribution in [0.1, 0.15) is 62.7 Å². The summed E-state index contributed by atoms with van der Waals surface area (Å²) >= 11 is 0. The van der Waals surface area contributed by atoms with E-state index in [0.717, 1.165) is 36.7 Å². The van der Waals surface area contributed by atoms with Crippen molar-refractivity contribution < 1.29 is 4.74 Å². The quantitative estimate of drug-likeness (QED) is 0.360. The maximum Gasteiger partial charge on any atom is 0.191 e. The second kappa shape index (κ2) is 9.82. The molecule has 2 N–H and O–H groups in total. The number of fused-ring (bicyclic) bond motifs is 1. The minimum atomic E-state index is -0.223. The van der Waals surface area contributed by atoms with Gasteiger partial charge in [-0.1, -0.05) is 32.0 Å². The zero-order valence-corrected chi connectivity index (χ0v) is 20.7. The van der Waals surface area contributed by atoms with Crippen LogP contribution in [0.25, 0.3) is 0 Å². The molecule has 0 radical (unpaired) electrons. The second-order valence-corrected chi connectivity index (χ2v) is 7.93. The van der Waals surface area contributed by atoms with Crippen LogP contribution < -0.4 is 15.4 Å². The minimum absolute atomic E-state index is 0. The van der Waals surface area contributed by atoms with E-state index in [2.05, 4.69) is 60.6 Å². The molecule has 0 bridgehead atoms. The zero-order chi connectivity index (χ0) is 20.3. The molecule has 3 rings (SSSR count). The molecule has 0 fully saturated rings. The summed E-state index contributed by atoms with van der Waals surface area (Å²) < 4.78 is 8.15. The number of guanidine groups is 1. The summed E-state index contributed by atoms with van der Waals surface area (Å²) in [5, 5.41) is 11.8. The van der Waals surface area contributed by atoms with E-state index in [1.54, 1.807) is 0 Å². The van der Waals surface area contributed by atoms with Gasteiger partial charge in [0.05, 0.1) is 11.7 Å². The van der Waals surface area contributed by atoms with Crippen molar-refractivity contribution in [2.75, 3.05) is 7.05 Å². The van der Waals surface area contributed by atoms with Crippen LogP contribution in [0.5, 0.6) is 5.75 Å². The molecule has 0 saturated heterocycles. The number of para-hydroxylation sites is 1. The van der Waals surface area contributed by atoms with Crippen LogP contribution in [-0.2, 0) is 26.4 Å². The fourth-order valence-corrected chi connectivity index (χ4v) is 4.06. The van der Waals surface area contributed by atoms with Crippen LogP contribution >= 0.6 is 24.0 Å². The number of halogens is 1. The number of hydrogen-bond donors (Lipinski definition) is 2. The summed E-state index contributed by atoms with van der Waals surface area (Å²) in [6, 6.07) is 8.39. The molecule has 2 aromatic rings. The molecule has 1 atom stereocenters. The van der Waals surface area contributed by atoms with Gasteiger partial charge in [0.1, 0.15) is 11.4 Å². The van der Waals surface area contributed by atoms with E-state index < -0.39 is 0 Å². The number of aromatic nitrogens is 2. The third-order valence-electron chi connectivity index (χ3n) is 5.37. The van der Waals surface area contributed by atoms with E-state index in [9.17, 15) is 0 Å². The number of rotatable bonds is 5. The van der Waals surface area contributed by atoms with Gasteiger partial charge < -0.3 is 15.4 Å². The molecule has 1 unspecified atom stereocenters. The fourth-order valence-electron chi connectivity index (χ4n) is 4.06. The van der Waals surface area contributed by atoms with Crippen LogP contribution in [0.3, 0.4) is 0 Å². The zero-order valence-electron chi connectivity index (χ0n) is 18.4. The van der Waals surface area contributed by atoms with Gasteiger partial charge in [-0.05, 0) is 32.8 Å². The van der Waals surface area contributed by atoms with E-state index in [0.29, 0.717) is 6.54 Å². The van der Waals surface area contributed by atoms with Gasteiger partial charge in [0.2, 0.25) is 0 Å². The molecule has 0 spiro atoms. The summed E-state index contributed by atoms with van der Waals surface area (Å²) in [5.74, 6) is 1.74. The van der Waals surface area contributed by atoms with Gasteiger partial charge in [-0.3, -0.25) is 9.67 Å². The Balaban J connectivity index is 0.00000300. The molecule has 1 aliphatic rings. The Labute approximate surface area is 191 Å². The number of hydrogen-bond acceptors (Lipinski definition) is 3. The number of benzene rings is 1. The molecule has 1 aliphatic heterocycles. The van der Waals surface area contributed by atoms with Crippen LogP contribution in [0, 0.1) is 0 Å². The number of aryl methyl sites for hydroxylation is 2. The first-order chi connectivity index (χ1) is 13.4. The van der Waals surface area contributed by atoms with Crippen molar-refractivity contribution in [1.82, 2.24) is 20.4 Å². The lowest BCUT2D eigenvalue weighted by atomic mass is 9.90. The van der Waals surface area contributed by atoms with Gasteiger partial charge in [0, 0.05) is 43.9 Å². The predicted octanol–water partition coefficient (Wildman–Crippen LogP) is 4.13. The Hall–Kier alpha value is -1.77. The number of nitrogens with zero attached hydrogens (tertiary/aromatic N) is 3. The fraction of sp³-hybridized carbons (Fsp3) is 0.545. The topological polar surface area (TPSA) is 63.5 Å². The highest BCUT2D eigenvalue weighted by Crippen LogP contribution is 2.39. The summed E-state index contributed by atoms with van der Waals surface area (Å²) in [5.41, 5.74) is 4.66. The predicted molar refractivity (Wildman–Crippen MR) is 129 cm³/mol. The van der Waals surface area contributed by atoms with E-state index in [1.165, 1.54) is 16.8 Å². The van der Waals surface area contributed by atoms with Crippen molar-refractivity contribution in [3.63, 3.8) is 0 Å². The lowest BCUT2D eigenvalue weighted by Crippen LogP contribution is -2.45. The molecule has 6 nitrogen and oxygen atoms in total. The molecule has 0 amide bonds. The first-order valence-corrected chi connectivity index (χ1v) is 10.2. The third-order valence-corrected chi connectivity index (χ3v) is 5.37. The van der Waals surface area contributed by atoms with Gasteiger partial charge in [-0.25, -0.2) is 0 Å². The largest absolute Gasteiger partial charge is 0.487 e. The molecule has 0 aliphatic carbocycles. The monoisotopic (exact) mass is 511 g/mol. The van der Waals surface area contributed by atoms with Crippen molar-refractivity contribution in [1.29, 1.82) is 0 Å². The molecule has 7 heteroatoms. The normalized spacial score (nSPS) is 17.7. The highest BCUT2D eigenvalue weighted by atomic mass is 127. The molecule has 0 saturated carbocycles. The van der Waals surface area contributed by atoms with Crippen LogP contribution in [-0.4, -0.2) is 28.4 Å². The Morgan fingerprint density at radius 3 is 2.66 bits per heavy atom. The number of aliphatic imine (C=N–C) groups is 1. The first-order valence-electron chi connectivity index (χ1n) is 10.2. The van der Waals surface area contributed by atoms with E-state index in [4.69, 9.17) is 4.74 Å². The van der Waals surface area contributed by atoms with E-state index in [1.807, 2.05) is 30.9 Å². The third kappa shape index (κ3) is 5.24. The molecule has 2 heterocycles. The van der Waals surface area contributed by atoms with Crippen LogP contribution in [0.15, 0.2) is 29.3 Å². The maximum atomic E-state index is 6.15. The van der Waals surface area contributed by atoms with Crippen molar-refractivity contribution in [2.45, 2.75) is 65.1 Å². The smallest absolute Gasteiger partial charge is 0.191 e. The van der Waals surface area contributed by atoms with Gasteiger partial charge in [-0.2, -0.15) is 5.10 Å². The molecule has 160 valence electrons. The average Bonchev–Trinajstić information content (AvgIpc) is 2.98. The summed E-state index contributed by atoms with van der Waals surface area (Å²) in [6.45, 7) is 9.30. The number of ether oxygens (including phenoxy) is 1. The molecular weight excluding hydrogens is 477 g/mol.